The number of hydrogen-bond acceptors (Lipinski definition) is 4. The molecule has 4 nitrogen and oxygen atoms in total. The first-order valence-corrected chi connectivity index (χ1v) is 6.36. The van der Waals surface area contributed by atoms with E-state index in [1.54, 1.807) is 5.70 Å². The third kappa shape index (κ3) is 4.42. The number of rotatable bonds is 7. The lowest BCUT2D eigenvalue weighted by Crippen LogP contribution is -2.44. The van der Waals surface area contributed by atoms with Gasteiger partial charge >= 0.3 is 8.80 Å². The first-order valence-electron chi connectivity index (χ1n) is 4.56. The Morgan fingerprint density at radius 1 is 1.00 bits per heavy atom. The molecule has 0 aliphatic carbocycles. The average molecular weight is 205 g/mol. The fourth-order valence-electron chi connectivity index (χ4n) is 0.991. The zero-order valence-electron chi connectivity index (χ0n) is 8.58. The van der Waals surface area contributed by atoms with Gasteiger partial charge in [-0.1, -0.05) is 0 Å². The second-order valence-corrected chi connectivity index (χ2v) is 4.67. The van der Waals surface area contributed by atoms with Crippen molar-refractivity contribution in [2.45, 2.75) is 20.8 Å². The summed E-state index contributed by atoms with van der Waals surface area (Å²) in [6.45, 7) is 7.42. The van der Waals surface area contributed by atoms with Crippen LogP contribution < -0.4 is 5.73 Å². The minimum Gasteiger partial charge on any atom is -0.405 e. The third-order valence-electron chi connectivity index (χ3n) is 1.34. The molecule has 5 heteroatoms. The van der Waals surface area contributed by atoms with Gasteiger partial charge in [0, 0.05) is 25.5 Å². The molecule has 0 atom stereocenters. The van der Waals surface area contributed by atoms with E-state index >= 15 is 0 Å². The lowest BCUT2D eigenvalue weighted by atomic mass is 10.9. The maximum absolute atomic E-state index is 5.48. The quantitative estimate of drug-likeness (QED) is 0.631. The van der Waals surface area contributed by atoms with Crippen molar-refractivity contribution in [1.82, 2.24) is 0 Å². The average Bonchev–Trinajstić information content (AvgIpc) is 2.06. The summed E-state index contributed by atoms with van der Waals surface area (Å²) in [7, 11) is -2.60. The van der Waals surface area contributed by atoms with E-state index in [-0.39, 0.29) is 0 Å². The molecule has 0 fully saturated rings. The largest absolute Gasteiger partial charge is 0.531 e. The summed E-state index contributed by atoms with van der Waals surface area (Å²) >= 11 is 0. The highest BCUT2D eigenvalue weighted by atomic mass is 28.4. The van der Waals surface area contributed by atoms with Gasteiger partial charge in [-0.25, -0.2) is 0 Å². The summed E-state index contributed by atoms with van der Waals surface area (Å²) in [4.78, 5) is 0. The predicted octanol–water partition coefficient (Wildman–Crippen LogP) is 1.05. The molecule has 0 heterocycles. The van der Waals surface area contributed by atoms with Gasteiger partial charge in [0.05, 0.1) is 0 Å². The second kappa shape index (κ2) is 7.08. The van der Waals surface area contributed by atoms with Crippen molar-refractivity contribution in [3.63, 3.8) is 0 Å². The summed E-state index contributed by atoms with van der Waals surface area (Å²) in [6.07, 6.45) is 1.42. The van der Waals surface area contributed by atoms with E-state index in [4.69, 9.17) is 19.0 Å². The normalized spacial score (nSPS) is 12.5. The third-order valence-corrected chi connectivity index (χ3v) is 4.01. The Bertz CT molecular complexity index is 135. The highest BCUT2D eigenvalue weighted by Crippen LogP contribution is 2.10. The van der Waals surface area contributed by atoms with Crippen molar-refractivity contribution >= 4 is 8.80 Å². The minimum atomic E-state index is -2.60. The Balaban J connectivity index is 4.37. The summed E-state index contributed by atoms with van der Waals surface area (Å²) in [5.41, 5.74) is 7.02. The van der Waals surface area contributed by atoms with Gasteiger partial charge in [-0.3, -0.25) is 0 Å². The molecule has 2 N–H and O–H groups in total. The molecule has 0 amide bonds. The molecule has 0 aromatic carbocycles. The van der Waals surface area contributed by atoms with Crippen molar-refractivity contribution in [1.29, 1.82) is 0 Å². The van der Waals surface area contributed by atoms with Gasteiger partial charge in [-0.05, 0) is 27.0 Å². The van der Waals surface area contributed by atoms with E-state index in [1.165, 1.54) is 6.20 Å². The molecule has 0 rings (SSSR count). The predicted molar refractivity (Wildman–Crippen MR) is 54.0 cm³/mol. The standard InChI is InChI=1S/C8H19NO3Si/c1-4-10-13(8-7-9,11-5-2)12-6-3/h7-8H,4-6,9H2,1-3H3/b8-7+. The van der Waals surface area contributed by atoms with Gasteiger partial charge in [0.2, 0.25) is 0 Å². The van der Waals surface area contributed by atoms with Crippen LogP contribution in [0.1, 0.15) is 20.8 Å². The van der Waals surface area contributed by atoms with Crippen LogP contribution in [0, 0.1) is 0 Å². The fourth-order valence-corrected chi connectivity index (χ4v) is 2.97. The summed E-state index contributed by atoms with van der Waals surface area (Å²) in [5.74, 6) is 0. The molecule has 0 unspecified atom stereocenters. The zero-order valence-corrected chi connectivity index (χ0v) is 9.58. The maximum atomic E-state index is 5.48. The highest BCUT2D eigenvalue weighted by molar-refractivity contribution is 6.66. The van der Waals surface area contributed by atoms with Crippen LogP contribution in [-0.4, -0.2) is 28.6 Å². The number of nitrogens with two attached hydrogens (primary N) is 1. The topological polar surface area (TPSA) is 53.7 Å². The lowest BCUT2D eigenvalue weighted by molar-refractivity contribution is 0.0842. The molecule has 0 aromatic heterocycles. The molecular formula is C8H19NO3Si. The Labute approximate surface area is 81.0 Å². The first-order chi connectivity index (χ1) is 6.24. The maximum Gasteiger partial charge on any atom is 0.531 e. The molecule has 0 radical (unpaired) electrons. The van der Waals surface area contributed by atoms with E-state index in [9.17, 15) is 0 Å². The zero-order chi connectivity index (χ0) is 10.2. The Kier molecular flexibility index (Phi) is 6.88. The summed E-state index contributed by atoms with van der Waals surface area (Å²) in [6, 6.07) is 0. The highest BCUT2D eigenvalue weighted by Gasteiger charge is 2.37. The van der Waals surface area contributed by atoms with Crippen LogP contribution in [0.15, 0.2) is 11.9 Å². The lowest BCUT2D eigenvalue weighted by Gasteiger charge is -2.24. The number of hydrogen-bond donors (Lipinski definition) is 1. The van der Waals surface area contributed by atoms with Crippen LogP contribution in [0.5, 0.6) is 0 Å². The molecule has 0 saturated carbocycles. The molecule has 0 spiro atoms. The van der Waals surface area contributed by atoms with Crippen LogP contribution in [0.4, 0.5) is 0 Å². The Hall–Kier alpha value is -0.363. The minimum absolute atomic E-state index is 0.566. The molecular weight excluding hydrogens is 186 g/mol. The van der Waals surface area contributed by atoms with Crippen LogP contribution in [-0.2, 0) is 13.3 Å². The van der Waals surface area contributed by atoms with Crippen molar-refractivity contribution in [2.24, 2.45) is 5.73 Å². The van der Waals surface area contributed by atoms with E-state index in [1.807, 2.05) is 20.8 Å². The summed E-state index contributed by atoms with van der Waals surface area (Å²) < 4.78 is 16.4. The monoisotopic (exact) mass is 205 g/mol. The van der Waals surface area contributed by atoms with Gasteiger partial charge in [-0.15, -0.1) is 0 Å². The SMILES string of the molecule is CCO[Si](/C=C/N)(OCC)OCC. The second-order valence-electron chi connectivity index (χ2n) is 2.26. The molecule has 0 bridgehead atoms. The smallest absolute Gasteiger partial charge is 0.405 e. The van der Waals surface area contributed by atoms with E-state index < -0.39 is 8.80 Å². The van der Waals surface area contributed by atoms with Gasteiger partial charge in [-0.2, -0.15) is 0 Å². The Morgan fingerprint density at radius 3 is 1.62 bits per heavy atom. The summed E-state index contributed by atoms with van der Waals surface area (Å²) in [5, 5.41) is 0. The van der Waals surface area contributed by atoms with Crippen molar-refractivity contribution in [3.8, 4) is 0 Å². The van der Waals surface area contributed by atoms with E-state index in [2.05, 4.69) is 0 Å². The molecule has 0 aliphatic rings. The molecule has 78 valence electrons. The van der Waals surface area contributed by atoms with Crippen LogP contribution in [0.25, 0.3) is 0 Å². The fraction of sp³-hybridized carbons (Fsp3) is 0.750. The molecule has 13 heavy (non-hydrogen) atoms. The van der Waals surface area contributed by atoms with Crippen LogP contribution in [0.2, 0.25) is 0 Å². The van der Waals surface area contributed by atoms with E-state index in [0.29, 0.717) is 19.8 Å². The van der Waals surface area contributed by atoms with Gasteiger partial charge < -0.3 is 19.0 Å². The molecule has 0 saturated heterocycles. The van der Waals surface area contributed by atoms with Crippen molar-refractivity contribution in [2.75, 3.05) is 19.8 Å². The van der Waals surface area contributed by atoms with Gasteiger partial charge in [0.15, 0.2) is 0 Å². The van der Waals surface area contributed by atoms with Crippen molar-refractivity contribution < 1.29 is 13.3 Å². The van der Waals surface area contributed by atoms with Gasteiger partial charge in [0.1, 0.15) is 0 Å². The molecule has 0 aromatic rings. The van der Waals surface area contributed by atoms with Crippen LogP contribution in [0.3, 0.4) is 0 Å². The Morgan fingerprint density at radius 2 is 1.38 bits per heavy atom. The van der Waals surface area contributed by atoms with Crippen molar-refractivity contribution in [3.05, 3.63) is 11.9 Å². The molecule has 0 aliphatic heterocycles. The first kappa shape index (κ1) is 12.6. The van der Waals surface area contributed by atoms with Gasteiger partial charge in [0.25, 0.3) is 0 Å². The van der Waals surface area contributed by atoms with E-state index in [0.717, 1.165) is 0 Å². The van der Waals surface area contributed by atoms with Crippen LogP contribution >= 0.6 is 0 Å².